The summed E-state index contributed by atoms with van der Waals surface area (Å²) in [6, 6.07) is 18.7. The number of hydrogen-bond acceptors (Lipinski definition) is 4. The van der Waals surface area contributed by atoms with Gasteiger partial charge in [-0.3, -0.25) is 4.79 Å². The van der Waals surface area contributed by atoms with Gasteiger partial charge in [-0.1, -0.05) is 49.4 Å². The maximum atomic E-state index is 12.0. The standard InChI is InChI=1S/C23H28N2O2S/c1-3-18-9-11-20(12-10-18)23-25-21(17(2)27-23)15-28-16-22(26)24-14-13-19-7-5-4-6-8-19/h4-12,17,21H,3,13-16H2,1-2H3,(H,24,26). The maximum Gasteiger partial charge on any atom is 0.230 e. The lowest BCUT2D eigenvalue weighted by Crippen LogP contribution is -2.28. The fraction of sp³-hybridized carbons (Fsp3) is 0.391. The van der Waals surface area contributed by atoms with E-state index >= 15 is 0 Å². The summed E-state index contributed by atoms with van der Waals surface area (Å²) in [5.41, 5.74) is 3.57. The second kappa shape index (κ2) is 10.3. The number of ether oxygens (including phenoxy) is 1. The Kier molecular flexibility index (Phi) is 7.54. The third-order valence-corrected chi connectivity index (χ3v) is 5.88. The molecule has 0 aromatic heterocycles. The molecule has 1 N–H and O–H groups in total. The minimum absolute atomic E-state index is 0.0366. The van der Waals surface area contributed by atoms with E-state index in [1.54, 1.807) is 11.8 Å². The molecule has 1 amide bonds. The Hall–Kier alpha value is -2.27. The van der Waals surface area contributed by atoms with Crippen molar-refractivity contribution >= 4 is 23.6 Å². The Morgan fingerprint density at radius 1 is 1.11 bits per heavy atom. The first kappa shape index (κ1) is 20.5. The molecule has 5 heteroatoms. The van der Waals surface area contributed by atoms with Crippen LogP contribution in [0.3, 0.4) is 0 Å². The molecule has 0 fully saturated rings. The van der Waals surface area contributed by atoms with Crippen LogP contribution in [-0.4, -0.2) is 42.0 Å². The summed E-state index contributed by atoms with van der Waals surface area (Å²) in [7, 11) is 0. The van der Waals surface area contributed by atoms with Crippen molar-refractivity contribution in [2.75, 3.05) is 18.1 Å². The first-order valence-electron chi connectivity index (χ1n) is 9.88. The molecule has 148 valence electrons. The van der Waals surface area contributed by atoms with Gasteiger partial charge in [0.25, 0.3) is 0 Å². The van der Waals surface area contributed by atoms with Crippen molar-refractivity contribution < 1.29 is 9.53 Å². The molecule has 28 heavy (non-hydrogen) atoms. The fourth-order valence-electron chi connectivity index (χ4n) is 3.05. The number of thioether (sulfide) groups is 1. The first-order valence-corrected chi connectivity index (χ1v) is 11.0. The van der Waals surface area contributed by atoms with Gasteiger partial charge in [-0.05, 0) is 43.0 Å². The molecule has 0 saturated carbocycles. The molecule has 2 aromatic rings. The number of carbonyl (C=O) groups is 1. The SMILES string of the molecule is CCc1ccc(C2=NC(CSCC(=O)NCCc3ccccc3)C(C)O2)cc1. The predicted molar refractivity (Wildman–Crippen MR) is 117 cm³/mol. The van der Waals surface area contributed by atoms with Crippen LogP contribution in [0.4, 0.5) is 0 Å². The molecule has 2 atom stereocenters. The predicted octanol–water partition coefficient (Wildman–Crippen LogP) is 3.88. The smallest absolute Gasteiger partial charge is 0.230 e. The summed E-state index contributed by atoms with van der Waals surface area (Å²) in [6.45, 7) is 4.86. The van der Waals surface area contributed by atoms with E-state index in [1.165, 1.54) is 11.1 Å². The van der Waals surface area contributed by atoms with Gasteiger partial charge in [0, 0.05) is 17.9 Å². The van der Waals surface area contributed by atoms with Crippen LogP contribution in [0.15, 0.2) is 59.6 Å². The van der Waals surface area contributed by atoms with Gasteiger partial charge in [-0.25, -0.2) is 4.99 Å². The number of hydrogen-bond donors (Lipinski definition) is 1. The molecule has 0 bridgehead atoms. The van der Waals surface area contributed by atoms with E-state index in [-0.39, 0.29) is 18.1 Å². The quantitative estimate of drug-likeness (QED) is 0.700. The zero-order chi connectivity index (χ0) is 19.8. The molecule has 4 nitrogen and oxygen atoms in total. The third-order valence-electron chi connectivity index (χ3n) is 4.83. The normalized spacial score (nSPS) is 18.4. The Morgan fingerprint density at radius 2 is 1.86 bits per heavy atom. The zero-order valence-corrected chi connectivity index (χ0v) is 17.4. The van der Waals surface area contributed by atoms with Gasteiger partial charge in [0.05, 0.1) is 11.8 Å². The van der Waals surface area contributed by atoms with Crippen molar-refractivity contribution in [2.45, 2.75) is 38.8 Å². The zero-order valence-electron chi connectivity index (χ0n) is 16.6. The number of amides is 1. The first-order chi connectivity index (χ1) is 13.7. The van der Waals surface area contributed by atoms with Crippen LogP contribution in [0, 0.1) is 0 Å². The molecule has 1 heterocycles. The van der Waals surface area contributed by atoms with Gasteiger partial charge >= 0.3 is 0 Å². The van der Waals surface area contributed by atoms with Crippen molar-refractivity contribution in [3.05, 3.63) is 71.3 Å². The molecular formula is C23H28N2O2S. The molecule has 0 saturated heterocycles. The molecule has 2 aromatic carbocycles. The molecule has 1 aliphatic heterocycles. The van der Waals surface area contributed by atoms with E-state index in [2.05, 4.69) is 48.6 Å². The van der Waals surface area contributed by atoms with Crippen LogP contribution in [0.25, 0.3) is 0 Å². The number of aliphatic imine (C=N–C) groups is 1. The summed E-state index contributed by atoms with van der Waals surface area (Å²) in [6.07, 6.45) is 1.92. The molecule has 1 aliphatic rings. The Balaban J connectivity index is 1.40. The number of rotatable bonds is 9. The number of carbonyl (C=O) groups excluding carboxylic acids is 1. The Bertz CT molecular complexity index is 790. The Morgan fingerprint density at radius 3 is 2.57 bits per heavy atom. The van der Waals surface area contributed by atoms with Crippen molar-refractivity contribution in [2.24, 2.45) is 4.99 Å². The highest BCUT2D eigenvalue weighted by Crippen LogP contribution is 2.21. The van der Waals surface area contributed by atoms with E-state index in [9.17, 15) is 4.79 Å². The van der Waals surface area contributed by atoms with Crippen molar-refractivity contribution in [1.82, 2.24) is 5.32 Å². The highest BCUT2D eigenvalue weighted by Gasteiger charge is 2.27. The number of benzene rings is 2. The second-order valence-corrected chi connectivity index (χ2v) is 8.01. The van der Waals surface area contributed by atoms with Crippen LogP contribution in [0.1, 0.15) is 30.5 Å². The van der Waals surface area contributed by atoms with Gasteiger partial charge in [0.15, 0.2) is 0 Å². The lowest BCUT2D eigenvalue weighted by molar-refractivity contribution is -0.118. The Labute approximate surface area is 171 Å². The summed E-state index contributed by atoms with van der Waals surface area (Å²) in [4.78, 5) is 16.8. The van der Waals surface area contributed by atoms with Gasteiger partial charge in [-0.2, -0.15) is 0 Å². The summed E-state index contributed by atoms with van der Waals surface area (Å²) < 4.78 is 5.94. The third kappa shape index (κ3) is 5.86. The van der Waals surface area contributed by atoms with Gasteiger partial charge in [0.1, 0.15) is 6.10 Å². The van der Waals surface area contributed by atoms with Crippen LogP contribution in [0.5, 0.6) is 0 Å². The van der Waals surface area contributed by atoms with Crippen LogP contribution in [0.2, 0.25) is 0 Å². The van der Waals surface area contributed by atoms with E-state index in [1.807, 2.05) is 25.1 Å². The average Bonchev–Trinajstić information content (AvgIpc) is 3.09. The van der Waals surface area contributed by atoms with E-state index in [0.29, 0.717) is 18.2 Å². The average molecular weight is 397 g/mol. The molecule has 0 spiro atoms. The highest BCUT2D eigenvalue weighted by molar-refractivity contribution is 8.00. The maximum absolute atomic E-state index is 12.0. The van der Waals surface area contributed by atoms with Gasteiger partial charge in [0.2, 0.25) is 11.8 Å². The van der Waals surface area contributed by atoms with E-state index in [4.69, 9.17) is 9.73 Å². The van der Waals surface area contributed by atoms with Crippen LogP contribution >= 0.6 is 11.8 Å². The lowest BCUT2D eigenvalue weighted by atomic mass is 10.1. The number of aryl methyl sites for hydroxylation is 1. The van der Waals surface area contributed by atoms with Gasteiger partial charge in [-0.15, -0.1) is 11.8 Å². The number of nitrogens with one attached hydrogen (secondary N) is 1. The fourth-order valence-corrected chi connectivity index (χ4v) is 4.05. The van der Waals surface area contributed by atoms with Gasteiger partial charge < -0.3 is 10.1 Å². The highest BCUT2D eigenvalue weighted by atomic mass is 32.2. The van der Waals surface area contributed by atoms with Crippen molar-refractivity contribution in [3.63, 3.8) is 0 Å². The van der Waals surface area contributed by atoms with Crippen LogP contribution < -0.4 is 5.32 Å². The minimum Gasteiger partial charge on any atom is -0.472 e. The monoisotopic (exact) mass is 396 g/mol. The summed E-state index contributed by atoms with van der Waals surface area (Å²) in [5, 5.41) is 2.99. The lowest BCUT2D eigenvalue weighted by Gasteiger charge is -2.12. The van der Waals surface area contributed by atoms with E-state index < -0.39 is 0 Å². The summed E-state index contributed by atoms with van der Waals surface area (Å²) in [5.74, 6) is 2.03. The van der Waals surface area contributed by atoms with Crippen molar-refractivity contribution in [3.8, 4) is 0 Å². The minimum atomic E-state index is 0.0366. The van der Waals surface area contributed by atoms with Crippen molar-refractivity contribution in [1.29, 1.82) is 0 Å². The molecule has 0 radical (unpaired) electrons. The molecular weight excluding hydrogens is 368 g/mol. The second-order valence-electron chi connectivity index (χ2n) is 6.98. The number of nitrogens with zero attached hydrogens (tertiary/aromatic N) is 1. The molecule has 3 rings (SSSR count). The summed E-state index contributed by atoms with van der Waals surface area (Å²) >= 11 is 1.61. The van der Waals surface area contributed by atoms with E-state index in [0.717, 1.165) is 24.2 Å². The molecule has 2 unspecified atom stereocenters. The van der Waals surface area contributed by atoms with Crippen LogP contribution in [-0.2, 0) is 22.4 Å². The molecule has 0 aliphatic carbocycles. The largest absolute Gasteiger partial charge is 0.472 e. The topological polar surface area (TPSA) is 50.7 Å².